The Morgan fingerprint density at radius 3 is 1.96 bits per heavy atom. The SMILES string of the molecule is COc1ccc(CCNC(=O)CCCn2c(SCC(=O)NCCc3ccc(OC)c(OC)c3)nc3cc4c(cc3c2=O)OCO4)cc1OC. The maximum atomic E-state index is 13.7. The number of hydrogen-bond donors (Lipinski definition) is 2. The molecule has 1 aromatic heterocycles. The molecule has 13 nitrogen and oxygen atoms in total. The Morgan fingerprint density at radius 2 is 1.37 bits per heavy atom. The highest BCUT2D eigenvalue weighted by molar-refractivity contribution is 7.99. The molecule has 4 aromatic rings. The van der Waals surface area contributed by atoms with Crippen molar-refractivity contribution >= 4 is 34.5 Å². The van der Waals surface area contributed by atoms with E-state index in [0.717, 1.165) is 22.9 Å². The van der Waals surface area contributed by atoms with Gasteiger partial charge in [-0.2, -0.15) is 0 Å². The number of amides is 2. The fraction of sp³-hybridized carbons (Fsp3) is 0.371. The molecule has 0 atom stereocenters. The first-order valence-electron chi connectivity index (χ1n) is 15.8. The highest BCUT2D eigenvalue weighted by atomic mass is 32.2. The maximum absolute atomic E-state index is 13.7. The molecule has 5 rings (SSSR count). The van der Waals surface area contributed by atoms with Crippen molar-refractivity contribution in [1.29, 1.82) is 0 Å². The van der Waals surface area contributed by atoms with Crippen LogP contribution < -0.4 is 44.6 Å². The van der Waals surface area contributed by atoms with Crippen LogP contribution in [0.5, 0.6) is 34.5 Å². The molecule has 14 heteroatoms. The second-order valence-electron chi connectivity index (χ2n) is 11.0. The molecule has 1 aliphatic heterocycles. The predicted molar refractivity (Wildman–Crippen MR) is 185 cm³/mol. The van der Waals surface area contributed by atoms with Crippen LogP contribution in [0.1, 0.15) is 24.0 Å². The van der Waals surface area contributed by atoms with Gasteiger partial charge in [-0.1, -0.05) is 23.9 Å². The number of aromatic nitrogens is 2. The first-order valence-corrected chi connectivity index (χ1v) is 16.7. The fourth-order valence-corrected chi connectivity index (χ4v) is 6.19. The second kappa shape index (κ2) is 16.8. The molecule has 0 spiro atoms. The summed E-state index contributed by atoms with van der Waals surface area (Å²) >= 11 is 1.16. The molecule has 260 valence electrons. The average Bonchev–Trinajstić information content (AvgIpc) is 3.58. The molecule has 3 aromatic carbocycles. The standard InChI is InChI=1S/C35H40N4O9S/c1-43-26-9-7-22(16-28(26)45-3)11-13-36-32(40)6-5-15-39-34(42)24-18-30-31(48-21-47-30)19-25(24)38-35(39)49-20-33(41)37-14-12-23-8-10-27(44-2)29(17-23)46-4/h7-10,16-19H,5-6,11-15,20-21H2,1-4H3,(H,36,40)(H,37,41). The molecule has 1 aliphatic rings. The number of benzene rings is 3. The van der Waals surface area contributed by atoms with Crippen LogP contribution >= 0.6 is 11.8 Å². The van der Waals surface area contributed by atoms with E-state index in [9.17, 15) is 14.4 Å². The van der Waals surface area contributed by atoms with Gasteiger partial charge in [0.1, 0.15) is 0 Å². The molecular weight excluding hydrogens is 652 g/mol. The largest absolute Gasteiger partial charge is 0.493 e. The zero-order chi connectivity index (χ0) is 34.8. The van der Waals surface area contributed by atoms with Crippen LogP contribution in [-0.4, -0.2) is 75.4 Å². The van der Waals surface area contributed by atoms with Crippen LogP contribution in [0.15, 0.2) is 58.5 Å². The Balaban J connectivity index is 1.19. The Hall–Kier alpha value is -5.11. The lowest BCUT2D eigenvalue weighted by atomic mass is 10.1. The van der Waals surface area contributed by atoms with E-state index in [-0.39, 0.29) is 42.9 Å². The van der Waals surface area contributed by atoms with Gasteiger partial charge < -0.3 is 39.1 Å². The Kier molecular flexibility index (Phi) is 12.1. The second-order valence-corrected chi connectivity index (χ2v) is 12.0. The van der Waals surface area contributed by atoms with Crippen LogP contribution in [-0.2, 0) is 29.0 Å². The van der Waals surface area contributed by atoms with Gasteiger partial charge in [0.2, 0.25) is 18.6 Å². The van der Waals surface area contributed by atoms with E-state index in [1.165, 1.54) is 4.57 Å². The molecule has 0 fully saturated rings. The number of fused-ring (bicyclic) bond motifs is 2. The number of thioether (sulfide) groups is 1. The minimum atomic E-state index is -0.284. The molecule has 2 N–H and O–H groups in total. The van der Waals surface area contributed by atoms with E-state index in [1.807, 2.05) is 36.4 Å². The van der Waals surface area contributed by atoms with Gasteiger partial charge in [-0.05, 0) is 60.7 Å². The van der Waals surface area contributed by atoms with Crippen LogP contribution in [0.2, 0.25) is 0 Å². The summed E-state index contributed by atoms with van der Waals surface area (Å²) in [5.41, 5.74) is 2.14. The number of nitrogens with one attached hydrogen (secondary N) is 2. The van der Waals surface area contributed by atoms with Crippen molar-refractivity contribution in [3.8, 4) is 34.5 Å². The van der Waals surface area contributed by atoms with Gasteiger partial charge in [-0.25, -0.2) is 4.98 Å². The highest BCUT2D eigenvalue weighted by Gasteiger charge is 2.20. The zero-order valence-electron chi connectivity index (χ0n) is 28.0. The Bertz CT molecular complexity index is 1860. The van der Waals surface area contributed by atoms with Gasteiger partial charge in [-0.3, -0.25) is 19.0 Å². The molecule has 2 amide bonds. The summed E-state index contributed by atoms with van der Waals surface area (Å²) in [6.45, 7) is 1.16. The summed E-state index contributed by atoms with van der Waals surface area (Å²) in [5.74, 6) is 3.22. The van der Waals surface area contributed by atoms with E-state index in [2.05, 4.69) is 10.6 Å². The fourth-order valence-electron chi connectivity index (χ4n) is 5.33. The van der Waals surface area contributed by atoms with Gasteiger partial charge in [0.05, 0.1) is 45.1 Å². The number of ether oxygens (including phenoxy) is 6. The Morgan fingerprint density at radius 1 is 0.796 bits per heavy atom. The molecule has 2 heterocycles. The monoisotopic (exact) mass is 692 g/mol. The molecule has 0 unspecified atom stereocenters. The molecular formula is C35H40N4O9S. The topological polar surface area (TPSA) is 148 Å². The van der Waals surface area contributed by atoms with Crippen LogP contribution in [0.3, 0.4) is 0 Å². The molecule has 0 saturated carbocycles. The predicted octanol–water partition coefficient (Wildman–Crippen LogP) is 3.75. The molecule has 0 saturated heterocycles. The molecule has 0 radical (unpaired) electrons. The maximum Gasteiger partial charge on any atom is 0.262 e. The van der Waals surface area contributed by atoms with Crippen LogP contribution in [0.25, 0.3) is 10.9 Å². The minimum Gasteiger partial charge on any atom is -0.493 e. The smallest absolute Gasteiger partial charge is 0.262 e. The van der Waals surface area contributed by atoms with Crippen molar-refractivity contribution in [3.63, 3.8) is 0 Å². The third-order valence-electron chi connectivity index (χ3n) is 7.90. The van der Waals surface area contributed by atoms with E-state index in [0.29, 0.717) is 82.9 Å². The van der Waals surface area contributed by atoms with Crippen LogP contribution in [0, 0.1) is 0 Å². The lowest BCUT2D eigenvalue weighted by Gasteiger charge is -2.14. The van der Waals surface area contributed by atoms with E-state index >= 15 is 0 Å². The van der Waals surface area contributed by atoms with Gasteiger partial charge >= 0.3 is 0 Å². The average molecular weight is 693 g/mol. The lowest BCUT2D eigenvalue weighted by Crippen LogP contribution is -2.29. The normalized spacial score (nSPS) is 11.7. The lowest BCUT2D eigenvalue weighted by molar-refractivity contribution is -0.121. The third-order valence-corrected chi connectivity index (χ3v) is 8.88. The van der Waals surface area contributed by atoms with Crippen molar-refractivity contribution in [1.82, 2.24) is 20.2 Å². The van der Waals surface area contributed by atoms with Crippen molar-refractivity contribution < 1.29 is 38.0 Å². The number of nitrogens with zero attached hydrogens (tertiary/aromatic N) is 2. The van der Waals surface area contributed by atoms with Gasteiger partial charge in [0, 0.05) is 32.1 Å². The van der Waals surface area contributed by atoms with Crippen LogP contribution in [0.4, 0.5) is 0 Å². The zero-order valence-corrected chi connectivity index (χ0v) is 28.8. The summed E-state index contributed by atoms with van der Waals surface area (Å²) in [7, 11) is 6.32. The number of carbonyl (C=O) groups excluding carboxylic acids is 2. The summed E-state index contributed by atoms with van der Waals surface area (Å²) in [6.07, 6.45) is 1.82. The molecule has 49 heavy (non-hydrogen) atoms. The summed E-state index contributed by atoms with van der Waals surface area (Å²) in [4.78, 5) is 43.9. The van der Waals surface area contributed by atoms with E-state index in [4.69, 9.17) is 33.4 Å². The van der Waals surface area contributed by atoms with Gasteiger partial charge in [-0.15, -0.1) is 0 Å². The van der Waals surface area contributed by atoms with Gasteiger partial charge in [0.25, 0.3) is 5.56 Å². The molecule has 0 aliphatic carbocycles. The number of rotatable bonds is 17. The van der Waals surface area contributed by atoms with Crippen molar-refractivity contribution in [3.05, 3.63) is 70.0 Å². The third kappa shape index (κ3) is 8.87. The number of hydrogen-bond acceptors (Lipinski definition) is 11. The quantitative estimate of drug-likeness (QED) is 0.123. The first kappa shape index (κ1) is 35.2. The first-order chi connectivity index (χ1) is 23.8. The van der Waals surface area contributed by atoms with Crippen molar-refractivity contribution in [2.75, 3.05) is 54.1 Å². The van der Waals surface area contributed by atoms with Crippen molar-refractivity contribution in [2.24, 2.45) is 0 Å². The van der Waals surface area contributed by atoms with Gasteiger partial charge in [0.15, 0.2) is 39.7 Å². The highest BCUT2D eigenvalue weighted by Crippen LogP contribution is 2.35. The van der Waals surface area contributed by atoms with E-state index in [1.54, 1.807) is 40.6 Å². The van der Waals surface area contributed by atoms with Crippen molar-refractivity contribution in [2.45, 2.75) is 37.4 Å². The van der Waals surface area contributed by atoms with E-state index < -0.39 is 0 Å². The summed E-state index contributed by atoms with van der Waals surface area (Å²) in [6, 6.07) is 14.6. The summed E-state index contributed by atoms with van der Waals surface area (Å²) < 4.78 is 33.8. The minimum absolute atomic E-state index is 0.0467. The summed E-state index contributed by atoms with van der Waals surface area (Å²) in [5, 5.41) is 6.61. The number of carbonyl (C=O) groups is 2. The Labute approximate surface area is 288 Å². The number of methoxy groups -OCH3 is 4. The molecule has 0 bridgehead atoms.